The van der Waals surface area contributed by atoms with Crippen LogP contribution >= 0.6 is 11.3 Å². The van der Waals surface area contributed by atoms with E-state index in [1.54, 1.807) is 11.3 Å². The van der Waals surface area contributed by atoms with Crippen molar-refractivity contribution >= 4 is 28.6 Å². The van der Waals surface area contributed by atoms with Gasteiger partial charge >= 0.3 is 0 Å². The van der Waals surface area contributed by atoms with E-state index in [-0.39, 0.29) is 0 Å². The molecule has 0 atom stereocenters. The second kappa shape index (κ2) is 7.77. The van der Waals surface area contributed by atoms with Crippen molar-refractivity contribution in [2.24, 2.45) is 0 Å². The van der Waals surface area contributed by atoms with E-state index in [9.17, 15) is 4.79 Å². The Morgan fingerprint density at radius 1 is 1.29 bits per heavy atom. The summed E-state index contributed by atoms with van der Waals surface area (Å²) < 4.78 is 0. The molecule has 1 saturated heterocycles. The van der Waals surface area contributed by atoms with E-state index in [2.05, 4.69) is 47.2 Å². The molecule has 0 radical (unpaired) electrons. The second-order valence-corrected chi connectivity index (χ2v) is 7.23. The number of aromatic nitrogens is 1. The number of hydrogen-bond acceptors (Lipinski definition) is 5. The van der Waals surface area contributed by atoms with Crippen molar-refractivity contribution in [2.45, 2.75) is 26.8 Å². The van der Waals surface area contributed by atoms with Gasteiger partial charge in [0, 0.05) is 49.5 Å². The lowest BCUT2D eigenvalue weighted by atomic mass is 10.1. The zero-order valence-electron chi connectivity index (χ0n) is 14.3. The lowest BCUT2D eigenvalue weighted by Crippen LogP contribution is -2.45. The number of benzene rings is 1. The van der Waals surface area contributed by atoms with Crippen molar-refractivity contribution < 1.29 is 4.79 Å². The standard InChI is InChI=1S/C18H24N4OS/c1-3-16-11-19-18(24-16)20-17-6-4-5-15(14(17)2)12-21-7-9-22(13-23)10-8-21/h4-6,11,13H,3,7-10,12H2,1-2H3,(H,19,20). The highest BCUT2D eigenvalue weighted by Gasteiger charge is 2.16. The number of carbonyl (C=O) groups excluding carboxylic acids is 1. The molecule has 3 rings (SSSR count). The number of anilines is 2. The molecule has 1 N–H and O–H groups in total. The third kappa shape index (κ3) is 3.94. The maximum absolute atomic E-state index is 10.8. The third-order valence-electron chi connectivity index (χ3n) is 4.54. The fourth-order valence-electron chi connectivity index (χ4n) is 2.90. The zero-order chi connectivity index (χ0) is 16.9. The van der Waals surface area contributed by atoms with Crippen LogP contribution in [0.4, 0.5) is 10.8 Å². The number of aryl methyl sites for hydroxylation is 1. The van der Waals surface area contributed by atoms with Gasteiger partial charge in [-0.1, -0.05) is 19.1 Å². The summed E-state index contributed by atoms with van der Waals surface area (Å²) in [6, 6.07) is 6.39. The molecule has 1 aromatic heterocycles. The number of amides is 1. The molecule has 0 aliphatic carbocycles. The van der Waals surface area contributed by atoms with Crippen LogP contribution in [0.2, 0.25) is 0 Å². The van der Waals surface area contributed by atoms with Gasteiger partial charge < -0.3 is 10.2 Å². The van der Waals surface area contributed by atoms with E-state index in [0.717, 1.165) is 56.4 Å². The quantitative estimate of drug-likeness (QED) is 0.819. The molecular formula is C18H24N4OS. The van der Waals surface area contributed by atoms with Gasteiger partial charge in [0.05, 0.1) is 0 Å². The van der Waals surface area contributed by atoms with E-state index >= 15 is 0 Å². The van der Waals surface area contributed by atoms with E-state index in [1.165, 1.54) is 16.0 Å². The summed E-state index contributed by atoms with van der Waals surface area (Å²) in [7, 11) is 0. The van der Waals surface area contributed by atoms with E-state index in [4.69, 9.17) is 0 Å². The Bertz CT molecular complexity index is 692. The normalized spacial score (nSPS) is 15.5. The Hall–Kier alpha value is -1.92. The molecule has 6 heteroatoms. The molecule has 128 valence electrons. The Kier molecular flexibility index (Phi) is 5.48. The fourth-order valence-corrected chi connectivity index (χ4v) is 3.67. The summed E-state index contributed by atoms with van der Waals surface area (Å²) >= 11 is 1.71. The SMILES string of the molecule is CCc1cnc(Nc2cccc(CN3CCN(C=O)CC3)c2C)s1. The van der Waals surface area contributed by atoms with Crippen LogP contribution in [0, 0.1) is 6.92 Å². The van der Waals surface area contributed by atoms with Gasteiger partial charge in [-0.05, 0) is 30.5 Å². The van der Waals surface area contributed by atoms with Gasteiger partial charge in [0.1, 0.15) is 0 Å². The molecule has 1 amide bonds. The average Bonchev–Trinajstić information content (AvgIpc) is 3.07. The molecule has 1 aliphatic heterocycles. The van der Waals surface area contributed by atoms with Gasteiger partial charge in [0.15, 0.2) is 5.13 Å². The van der Waals surface area contributed by atoms with Crippen LogP contribution in [0.1, 0.15) is 22.9 Å². The number of rotatable bonds is 6. The largest absolute Gasteiger partial charge is 0.343 e. The maximum atomic E-state index is 10.8. The lowest BCUT2D eigenvalue weighted by Gasteiger charge is -2.32. The van der Waals surface area contributed by atoms with Crippen LogP contribution in [0.5, 0.6) is 0 Å². The first-order valence-corrected chi connectivity index (χ1v) is 9.23. The predicted molar refractivity (Wildman–Crippen MR) is 98.9 cm³/mol. The summed E-state index contributed by atoms with van der Waals surface area (Å²) in [4.78, 5) is 20.8. The van der Waals surface area contributed by atoms with Crippen LogP contribution in [-0.2, 0) is 17.8 Å². The highest BCUT2D eigenvalue weighted by atomic mass is 32.1. The van der Waals surface area contributed by atoms with Crippen molar-refractivity contribution in [3.05, 3.63) is 40.4 Å². The van der Waals surface area contributed by atoms with Crippen molar-refractivity contribution in [3.8, 4) is 0 Å². The molecule has 1 aromatic carbocycles. The molecule has 2 heterocycles. The van der Waals surface area contributed by atoms with Crippen molar-refractivity contribution in [1.82, 2.24) is 14.8 Å². The minimum Gasteiger partial charge on any atom is -0.343 e. The minimum atomic E-state index is 0.819. The summed E-state index contributed by atoms with van der Waals surface area (Å²) in [5, 5.41) is 4.41. The van der Waals surface area contributed by atoms with Gasteiger partial charge in [-0.3, -0.25) is 9.69 Å². The first kappa shape index (κ1) is 16.9. The molecule has 0 unspecified atom stereocenters. The van der Waals surface area contributed by atoms with Crippen molar-refractivity contribution in [3.63, 3.8) is 0 Å². The number of carbonyl (C=O) groups is 1. The topological polar surface area (TPSA) is 48.5 Å². The Morgan fingerprint density at radius 2 is 2.08 bits per heavy atom. The van der Waals surface area contributed by atoms with E-state index in [1.807, 2.05) is 11.1 Å². The molecule has 1 aliphatic rings. The highest BCUT2D eigenvalue weighted by Crippen LogP contribution is 2.27. The number of nitrogens with zero attached hydrogens (tertiary/aromatic N) is 3. The lowest BCUT2D eigenvalue weighted by molar-refractivity contribution is -0.119. The van der Waals surface area contributed by atoms with Gasteiger partial charge in [-0.25, -0.2) is 4.98 Å². The van der Waals surface area contributed by atoms with Crippen LogP contribution < -0.4 is 5.32 Å². The van der Waals surface area contributed by atoms with Crippen molar-refractivity contribution in [2.75, 3.05) is 31.5 Å². The first-order chi connectivity index (χ1) is 11.7. The Morgan fingerprint density at radius 3 is 2.75 bits per heavy atom. The smallest absolute Gasteiger partial charge is 0.209 e. The molecule has 0 spiro atoms. The summed E-state index contributed by atoms with van der Waals surface area (Å²) in [5.74, 6) is 0. The maximum Gasteiger partial charge on any atom is 0.209 e. The van der Waals surface area contributed by atoms with Gasteiger partial charge in [-0.15, -0.1) is 11.3 Å². The first-order valence-electron chi connectivity index (χ1n) is 8.41. The second-order valence-electron chi connectivity index (χ2n) is 6.12. The summed E-state index contributed by atoms with van der Waals surface area (Å²) in [6.07, 6.45) is 3.91. The Labute approximate surface area is 147 Å². The van der Waals surface area contributed by atoms with Gasteiger partial charge in [0.2, 0.25) is 6.41 Å². The van der Waals surface area contributed by atoms with Crippen molar-refractivity contribution in [1.29, 1.82) is 0 Å². The van der Waals surface area contributed by atoms with E-state index < -0.39 is 0 Å². The predicted octanol–water partition coefficient (Wildman–Crippen LogP) is 3.03. The minimum absolute atomic E-state index is 0.819. The number of nitrogens with one attached hydrogen (secondary N) is 1. The zero-order valence-corrected chi connectivity index (χ0v) is 15.1. The molecule has 0 saturated carbocycles. The molecule has 5 nitrogen and oxygen atoms in total. The monoisotopic (exact) mass is 344 g/mol. The molecule has 24 heavy (non-hydrogen) atoms. The summed E-state index contributed by atoms with van der Waals surface area (Å²) in [5.41, 5.74) is 3.71. The summed E-state index contributed by atoms with van der Waals surface area (Å²) in [6.45, 7) is 8.73. The van der Waals surface area contributed by atoms with Crippen LogP contribution in [0.25, 0.3) is 0 Å². The number of hydrogen-bond donors (Lipinski definition) is 1. The molecular weight excluding hydrogens is 320 g/mol. The van der Waals surface area contributed by atoms with Crippen LogP contribution in [0.15, 0.2) is 24.4 Å². The fraction of sp³-hybridized carbons (Fsp3) is 0.444. The van der Waals surface area contributed by atoms with E-state index in [0.29, 0.717) is 0 Å². The molecule has 2 aromatic rings. The highest BCUT2D eigenvalue weighted by molar-refractivity contribution is 7.15. The van der Waals surface area contributed by atoms with Gasteiger partial charge in [-0.2, -0.15) is 0 Å². The van der Waals surface area contributed by atoms with Crippen LogP contribution in [-0.4, -0.2) is 47.4 Å². The third-order valence-corrected chi connectivity index (χ3v) is 5.60. The number of thiazole rings is 1. The van der Waals surface area contributed by atoms with Gasteiger partial charge in [0.25, 0.3) is 0 Å². The average molecular weight is 344 g/mol. The molecule has 1 fully saturated rings. The number of piperazine rings is 1. The Balaban J connectivity index is 1.68. The van der Waals surface area contributed by atoms with Crippen LogP contribution in [0.3, 0.4) is 0 Å². The molecule has 0 bridgehead atoms.